The summed E-state index contributed by atoms with van der Waals surface area (Å²) in [7, 11) is 0. The van der Waals surface area contributed by atoms with Crippen molar-refractivity contribution < 1.29 is 18.7 Å². The summed E-state index contributed by atoms with van der Waals surface area (Å²) in [5, 5.41) is 2.83. The molecule has 0 spiro atoms. The van der Waals surface area contributed by atoms with Gasteiger partial charge in [0.15, 0.2) is 23.5 Å². The zero-order valence-corrected chi connectivity index (χ0v) is 13.1. The van der Waals surface area contributed by atoms with Crippen molar-refractivity contribution in [2.75, 3.05) is 0 Å². The Morgan fingerprint density at radius 2 is 2.00 bits per heavy atom. The second-order valence-corrected chi connectivity index (χ2v) is 5.69. The van der Waals surface area contributed by atoms with Crippen LogP contribution in [0.3, 0.4) is 0 Å². The first-order valence-electron chi connectivity index (χ1n) is 6.95. The van der Waals surface area contributed by atoms with E-state index in [1.54, 1.807) is 6.92 Å². The number of hydrogen-bond acceptors (Lipinski definition) is 3. The summed E-state index contributed by atoms with van der Waals surface area (Å²) in [6.07, 6.45) is -0.0545. The highest BCUT2D eigenvalue weighted by molar-refractivity contribution is 5.94. The van der Waals surface area contributed by atoms with E-state index in [0.29, 0.717) is 0 Å². The van der Waals surface area contributed by atoms with Crippen LogP contribution >= 0.6 is 0 Å². The summed E-state index contributed by atoms with van der Waals surface area (Å²) < 4.78 is 19.2. The number of carbonyl (C=O) groups is 2. The van der Waals surface area contributed by atoms with Crippen LogP contribution in [0.5, 0.6) is 5.75 Å². The van der Waals surface area contributed by atoms with Gasteiger partial charge in [-0.1, -0.05) is 6.92 Å². The first-order valence-corrected chi connectivity index (χ1v) is 6.95. The molecule has 1 atom stereocenters. The summed E-state index contributed by atoms with van der Waals surface area (Å²) in [5.41, 5.74) is -0.0739. The Balaban J connectivity index is 2.77. The summed E-state index contributed by atoms with van der Waals surface area (Å²) in [4.78, 5) is 23.2. The molecular weight excluding hydrogens is 273 g/mol. The molecule has 0 saturated carbocycles. The number of hydrogen-bond donors (Lipinski definition) is 1. The quantitative estimate of drug-likeness (QED) is 0.820. The van der Waals surface area contributed by atoms with Crippen LogP contribution < -0.4 is 10.1 Å². The zero-order valence-electron chi connectivity index (χ0n) is 13.1. The third-order valence-corrected chi connectivity index (χ3v) is 3.36. The highest BCUT2D eigenvalue weighted by Crippen LogP contribution is 2.20. The maximum atomic E-state index is 13.8. The number of Topliss-reactive ketones (excluding diaryl/α,β-unsaturated/α-hetero) is 1. The van der Waals surface area contributed by atoms with Crippen molar-refractivity contribution in [1.82, 2.24) is 5.32 Å². The average molecular weight is 295 g/mol. The molecule has 1 rings (SSSR count). The third kappa shape index (κ3) is 4.85. The van der Waals surface area contributed by atoms with Gasteiger partial charge in [0.2, 0.25) is 0 Å². The molecule has 0 aliphatic heterocycles. The Hall–Kier alpha value is -1.91. The summed E-state index contributed by atoms with van der Waals surface area (Å²) in [5.74, 6) is -1.23. The maximum absolute atomic E-state index is 13.8. The number of benzene rings is 1. The van der Waals surface area contributed by atoms with E-state index in [4.69, 9.17) is 4.74 Å². The number of ketones is 1. The Kier molecular flexibility index (Phi) is 5.47. The number of rotatable bonds is 6. The number of amides is 1. The molecule has 21 heavy (non-hydrogen) atoms. The summed E-state index contributed by atoms with van der Waals surface area (Å²) >= 11 is 0. The average Bonchev–Trinajstić information content (AvgIpc) is 2.40. The molecule has 0 bridgehead atoms. The lowest BCUT2D eigenvalue weighted by Gasteiger charge is -2.26. The van der Waals surface area contributed by atoms with E-state index >= 15 is 0 Å². The fraction of sp³-hybridized carbons (Fsp3) is 0.500. The van der Waals surface area contributed by atoms with Gasteiger partial charge in [-0.15, -0.1) is 0 Å². The van der Waals surface area contributed by atoms with E-state index in [1.165, 1.54) is 19.1 Å². The number of nitrogens with one attached hydrogen (secondary N) is 1. The molecule has 1 N–H and O–H groups in total. The number of carbonyl (C=O) groups excluding carboxylic acids is 2. The third-order valence-electron chi connectivity index (χ3n) is 3.36. The van der Waals surface area contributed by atoms with Gasteiger partial charge in [0.1, 0.15) is 0 Å². The first kappa shape index (κ1) is 17.1. The van der Waals surface area contributed by atoms with Crippen LogP contribution in [-0.2, 0) is 4.79 Å². The fourth-order valence-corrected chi connectivity index (χ4v) is 1.58. The minimum Gasteiger partial charge on any atom is -0.478 e. The zero-order chi connectivity index (χ0) is 16.2. The molecule has 1 aromatic rings. The Bertz CT molecular complexity index is 540. The van der Waals surface area contributed by atoms with Gasteiger partial charge in [-0.05, 0) is 52.3 Å². The van der Waals surface area contributed by atoms with E-state index in [-0.39, 0.29) is 28.5 Å². The lowest BCUT2D eigenvalue weighted by atomic mass is 10.0. The second-order valence-electron chi connectivity index (χ2n) is 5.69. The summed E-state index contributed by atoms with van der Waals surface area (Å²) in [6, 6.07) is 3.94. The minimum atomic E-state index is -0.825. The molecule has 116 valence electrons. The number of halogens is 1. The smallest absolute Gasteiger partial charge is 0.261 e. The van der Waals surface area contributed by atoms with Crippen molar-refractivity contribution in [1.29, 1.82) is 0 Å². The van der Waals surface area contributed by atoms with Gasteiger partial charge in [0, 0.05) is 11.1 Å². The van der Waals surface area contributed by atoms with E-state index in [2.05, 4.69) is 5.32 Å². The molecular formula is C16H22FNO3. The van der Waals surface area contributed by atoms with Crippen LogP contribution in [-0.4, -0.2) is 23.3 Å². The summed E-state index contributed by atoms with van der Waals surface area (Å²) in [6.45, 7) is 8.68. The van der Waals surface area contributed by atoms with Gasteiger partial charge < -0.3 is 10.1 Å². The molecule has 0 saturated heterocycles. The normalized spacial score (nSPS) is 12.7. The second kappa shape index (κ2) is 6.70. The van der Waals surface area contributed by atoms with E-state index in [0.717, 1.165) is 12.5 Å². The minimum absolute atomic E-state index is 0.0445. The van der Waals surface area contributed by atoms with Crippen molar-refractivity contribution in [2.45, 2.75) is 52.7 Å². The molecule has 0 radical (unpaired) electrons. The Morgan fingerprint density at radius 1 is 1.38 bits per heavy atom. The molecule has 0 heterocycles. The molecule has 0 fully saturated rings. The lowest BCUT2D eigenvalue weighted by Crippen LogP contribution is -2.48. The predicted molar refractivity (Wildman–Crippen MR) is 79.0 cm³/mol. The standard InChI is InChI=1S/C16H22FNO3/c1-6-16(4,5)18-15(20)11(3)21-14-8-7-12(10(2)19)9-13(14)17/h7-9,11H,6H2,1-5H3,(H,18,20). The molecule has 4 nitrogen and oxygen atoms in total. The van der Waals surface area contributed by atoms with Crippen molar-refractivity contribution in [2.24, 2.45) is 0 Å². The van der Waals surface area contributed by atoms with Gasteiger partial charge >= 0.3 is 0 Å². The maximum Gasteiger partial charge on any atom is 0.261 e. The molecule has 1 unspecified atom stereocenters. The van der Waals surface area contributed by atoms with E-state index < -0.39 is 11.9 Å². The van der Waals surface area contributed by atoms with Crippen LogP contribution in [0.25, 0.3) is 0 Å². The van der Waals surface area contributed by atoms with Crippen molar-refractivity contribution in [3.05, 3.63) is 29.6 Å². The van der Waals surface area contributed by atoms with E-state index in [1.807, 2.05) is 20.8 Å². The Morgan fingerprint density at radius 3 is 2.48 bits per heavy atom. The number of ether oxygens (including phenoxy) is 1. The van der Waals surface area contributed by atoms with Gasteiger partial charge in [0.05, 0.1) is 0 Å². The monoisotopic (exact) mass is 295 g/mol. The molecule has 0 aromatic heterocycles. The van der Waals surface area contributed by atoms with Crippen LogP contribution in [0.2, 0.25) is 0 Å². The molecule has 5 heteroatoms. The van der Waals surface area contributed by atoms with Gasteiger partial charge in [-0.25, -0.2) is 4.39 Å². The largest absolute Gasteiger partial charge is 0.478 e. The highest BCUT2D eigenvalue weighted by atomic mass is 19.1. The predicted octanol–water partition coefficient (Wildman–Crippen LogP) is 3.10. The molecule has 0 aliphatic carbocycles. The molecule has 1 amide bonds. The van der Waals surface area contributed by atoms with Gasteiger partial charge in [-0.2, -0.15) is 0 Å². The highest BCUT2D eigenvalue weighted by Gasteiger charge is 2.23. The fourth-order valence-electron chi connectivity index (χ4n) is 1.58. The van der Waals surface area contributed by atoms with Crippen LogP contribution in [0.15, 0.2) is 18.2 Å². The SMILES string of the molecule is CCC(C)(C)NC(=O)C(C)Oc1ccc(C(C)=O)cc1F. The van der Waals surface area contributed by atoms with Crippen molar-refractivity contribution >= 4 is 11.7 Å². The van der Waals surface area contributed by atoms with Crippen LogP contribution in [0.1, 0.15) is 51.4 Å². The molecule has 1 aromatic carbocycles. The van der Waals surface area contributed by atoms with Gasteiger partial charge in [-0.3, -0.25) is 9.59 Å². The first-order chi connectivity index (χ1) is 9.66. The van der Waals surface area contributed by atoms with E-state index in [9.17, 15) is 14.0 Å². The van der Waals surface area contributed by atoms with Crippen LogP contribution in [0.4, 0.5) is 4.39 Å². The lowest BCUT2D eigenvalue weighted by molar-refractivity contribution is -0.129. The topological polar surface area (TPSA) is 55.4 Å². The van der Waals surface area contributed by atoms with Crippen LogP contribution in [0, 0.1) is 5.82 Å². The Labute approximate surface area is 124 Å². The van der Waals surface area contributed by atoms with Crippen molar-refractivity contribution in [3.8, 4) is 5.75 Å². The van der Waals surface area contributed by atoms with Gasteiger partial charge in [0.25, 0.3) is 5.91 Å². The van der Waals surface area contributed by atoms with Crippen molar-refractivity contribution in [3.63, 3.8) is 0 Å². The molecule has 0 aliphatic rings.